The number of allylic oxidation sites excluding steroid dienone is 1. The third-order valence-corrected chi connectivity index (χ3v) is 5.30. The summed E-state index contributed by atoms with van der Waals surface area (Å²) in [4.78, 5) is 1.86. The monoisotopic (exact) mass is 468 g/mol. The molecule has 7 nitrogen and oxygen atoms in total. The minimum Gasteiger partial charge on any atom is -0.492 e. The van der Waals surface area contributed by atoms with Crippen molar-refractivity contribution in [2.75, 3.05) is 34.3 Å². The fourth-order valence-corrected chi connectivity index (χ4v) is 3.73. The molecule has 0 unspecified atom stereocenters. The van der Waals surface area contributed by atoms with Crippen molar-refractivity contribution in [1.82, 2.24) is 14.8 Å². The maximum absolute atomic E-state index is 14.1. The standard InChI is InChI=1S/C26H37FN6O/c1-17(2)13-23(31-4)21(18(3)28)11-12-34-24-14-20(27)8-9-22(24)19-7-10-25(29)33(15-19)26(30)16-32(5)6/h7-10,14-15,17,28-31H,11-13,16H2,1-6H3/b23-21-,28-18?,29-25?,30-26?. The van der Waals surface area contributed by atoms with E-state index in [0.717, 1.165) is 23.3 Å². The Morgan fingerprint density at radius 3 is 2.47 bits per heavy atom. The zero-order valence-corrected chi connectivity index (χ0v) is 21.1. The Hall–Kier alpha value is -3.26. The summed E-state index contributed by atoms with van der Waals surface area (Å²) in [7, 11) is 5.60. The van der Waals surface area contributed by atoms with Crippen LogP contribution in [-0.2, 0) is 0 Å². The molecular formula is C26H37FN6O. The predicted molar refractivity (Wildman–Crippen MR) is 136 cm³/mol. The maximum Gasteiger partial charge on any atom is 0.130 e. The summed E-state index contributed by atoms with van der Waals surface area (Å²) in [6, 6.07) is 7.78. The second-order valence-corrected chi connectivity index (χ2v) is 9.03. The molecule has 0 spiro atoms. The normalized spacial score (nSPS) is 12.0. The van der Waals surface area contributed by atoms with Gasteiger partial charge in [0.1, 0.15) is 22.9 Å². The lowest BCUT2D eigenvalue weighted by atomic mass is 9.99. The van der Waals surface area contributed by atoms with Crippen LogP contribution in [-0.4, -0.2) is 55.3 Å². The first-order valence-corrected chi connectivity index (χ1v) is 11.4. The third kappa shape index (κ3) is 7.38. The van der Waals surface area contributed by atoms with Crippen molar-refractivity contribution in [2.45, 2.75) is 33.6 Å². The van der Waals surface area contributed by atoms with E-state index in [0.29, 0.717) is 35.9 Å². The summed E-state index contributed by atoms with van der Waals surface area (Å²) in [5.74, 6) is 0.701. The first kappa shape index (κ1) is 27.0. The smallest absolute Gasteiger partial charge is 0.130 e. The zero-order valence-electron chi connectivity index (χ0n) is 21.1. The van der Waals surface area contributed by atoms with E-state index in [1.165, 1.54) is 16.7 Å². The van der Waals surface area contributed by atoms with Crippen LogP contribution in [0.2, 0.25) is 0 Å². The Morgan fingerprint density at radius 1 is 1.18 bits per heavy atom. The van der Waals surface area contributed by atoms with Gasteiger partial charge in [-0.25, -0.2) is 4.39 Å². The number of aromatic nitrogens is 1. The highest BCUT2D eigenvalue weighted by Gasteiger charge is 2.14. The fraction of sp³-hybridized carbons (Fsp3) is 0.423. The van der Waals surface area contributed by atoms with Gasteiger partial charge in [0, 0.05) is 48.3 Å². The van der Waals surface area contributed by atoms with Crippen LogP contribution in [0.5, 0.6) is 5.75 Å². The van der Waals surface area contributed by atoms with Crippen molar-refractivity contribution < 1.29 is 9.13 Å². The molecule has 0 amide bonds. The van der Waals surface area contributed by atoms with E-state index in [1.807, 2.05) is 26.0 Å². The van der Waals surface area contributed by atoms with Gasteiger partial charge in [0.05, 0.1) is 13.2 Å². The number of likely N-dealkylation sites (N-methyl/N-ethyl adjacent to an activating group) is 1. The summed E-state index contributed by atoms with van der Waals surface area (Å²) < 4.78 is 21.6. The van der Waals surface area contributed by atoms with Gasteiger partial charge in [-0.15, -0.1) is 0 Å². The van der Waals surface area contributed by atoms with Gasteiger partial charge in [-0.1, -0.05) is 13.8 Å². The summed E-state index contributed by atoms with van der Waals surface area (Å²) in [6.07, 6.45) is 3.07. The number of nitrogens with zero attached hydrogens (tertiary/aromatic N) is 2. The predicted octanol–water partition coefficient (Wildman–Crippen LogP) is 4.49. The van der Waals surface area contributed by atoms with Crippen molar-refractivity contribution in [3.8, 4) is 16.9 Å². The molecule has 4 N–H and O–H groups in total. The van der Waals surface area contributed by atoms with E-state index < -0.39 is 5.82 Å². The van der Waals surface area contributed by atoms with E-state index in [4.69, 9.17) is 21.0 Å². The number of rotatable bonds is 11. The van der Waals surface area contributed by atoms with E-state index >= 15 is 0 Å². The van der Waals surface area contributed by atoms with Crippen LogP contribution >= 0.6 is 0 Å². The largest absolute Gasteiger partial charge is 0.492 e. The van der Waals surface area contributed by atoms with Crippen LogP contribution < -0.4 is 15.5 Å². The molecule has 0 atom stereocenters. The fourth-order valence-electron chi connectivity index (χ4n) is 3.73. The molecule has 0 radical (unpaired) electrons. The van der Waals surface area contributed by atoms with Crippen molar-refractivity contribution in [2.24, 2.45) is 5.92 Å². The lowest BCUT2D eigenvalue weighted by molar-refractivity contribution is 0.322. The average Bonchev–Trinajstić information content (AvgIpc) is 2.75. The van der Waals surface area contributed by atoms with Crippen molar-refractivity contribution >= 4 is 11.5 Å². The number of hydrogen-bond acceptors (Lipinski definition) is 6. The van der Waals surface area contributed by atoms with E-state index in [1.54, 1.807) is 31.3 Å². The molecule has 1 aromatic heterocycles. The summed E-state index contributed by atoms with van der Waals surface area (Å²) in [6.45, 7) is 6.71. The van der Waals surface area contributed by atoms with Gasteiger partial charge in [-0.2, -0.15) is 0 Å². The van der Waals surface area contributed by atoms with Gasteiger partial charge in [0.25, 0.3) is 0 Å². The van der Waals surface area contributed by atoms with Crippen LogP contribution in [0, 0.1) is 28.0 Å². The van der Waals surface area contributed by atoms with Gasteiger partial charge < -0.3 is 20.4 Å². The molecule has 34 heavy (non-hydrogen) atoms. The second kappa shape index (κ2) is 12.3. The lowest BCUT2D eigenvalue weighted by Gasteiger charge is -2.18. The molecular weight excluding hydrogens is 431 g/mol. The first-order valence-electron chi connectivity index (χ1n) is 11.4. The zero-order chi connectivity index (χ0) is 25.4. The van der Waals surface area contributed by atoms with Crippen LogP contribution in [0.25, 0.3) is 11.1 Å². The van der Waals surface area contributed by atoms with Crippen molar-refractivity contribution in [1.29, 1.82) is 16.2 Å². The number of benzene rings is 1. The first-order chi connectivity index (χ1) is 16.0. The highest BCUT2D eigenvalue weighted by Crippen LogP contribution is 2.31. The number of pyridine rings is 1. The Bertz CT molecular complexity index is 1120. The van der Waals surface area contributed by atoms with Gasteiger partial charge in [0.2, 0.25) is 0 Å². The van der Waals surface area contributed by atoms with E-state index in [-0.39, 0.29) is 17.9 Å². The molecule has 0 aliphatic heterocycles. The molecule has 0 aliphatic rings. The SMILES string of the molecule is CN/C(CC(C)C)=C(/CCOc1cc(F)ccc1-c1ccc(=N)n(C(=N)CN(C)C)c1)C(C)=N. The Labute approximate surface area is 201 Å². The minimum atomic E-state index is -0.404. The minimum absolute atomic E-state index is 0.196. The molecule has 2 aromatic rings. The van der Waals surface area contributed by atoms with Crippen LogP contribution in [0.4, 0.5) is 4.39 Å². The number of nitrogens with one attached hydrogen (secondary N) is 4. The summed E-state index contributed by atoms with van der Waals surface area (Å²) in [5, 5.41) is 27.9. The Morgan fingerprint density at radius 2 is 1.88 bits per heavy atom. The topological polar surface area (TPSA) is 101 Å². The molecule has 1 heterocycles. The van der Waals surface area contributed by atoms with E-state index in [2.05, 4.69) is 19.2 Å². The molecule has 0 saturated carbocycles. The summed E-state index contributed by atoms with van der Waals surface area (Å²) in [5.41, 5.74) is 4.02. The van der Waals surface area contributed by atoms with Gasteiger partial charge in [-0.3, -0.25) is 15.4 Å². The average molecular weight is 469 g/mol. The van der Waals surface area contributed by atoms with Crippen molar-refractivity contribution in [3.05, 3.63) is 59.1 Å². The number of halogens is 1. The molecule has 0 saturated heterocycles. The van der Waals surface area contributed by atoms with Crippen LogP contribution in [0.1, 0.15) is 33.6 Å². The van der Waals surface area contributed by atoms with Crippen LogP contribution in [0.3, 0.4) is 0 Å². The molecule has 184 valence electrons. The second-order valence-electron chi connectivity index (χ2n) is 9.03. The molecule has 1 aromatic carbocycles. The van der Waals surface area contributed by atoms with E-state index in [9.17, 15) is 4.39 Å². The van der Waals surface area contributed by atoms with Gasteiger partial charge in [0.15, 0.2) is 0 Å². The van der Waals surface area contributed by atoms with Crippen LogP contribution in [0.15, 0.2) is 47.8 Å². The number of ether oxygens (including phenoxy) is 1. The van der Waals surface area contributed by atoms with Crippen molar-refractivity contribution in [3.63, 3.8) is 0 Å². The highest BCUT2D eigenvalue weighted by atomic mass is 19.1. The van der Waals surface area contributed by atoms with Gasteiger partial charge in [-0.05, 0) is 63.2 Å². The molecule has 0 fully saturated rings. The Balaban J connectivity index is 2.34. The maximum atomic E-state index is 14.1. The Kier molecular flexibility index (Phi) is 9.74. The molecule has 2 rings (SSSR count). The highest BCUT2D eigenvalue weighted by molar-refractivity contribution is 5.96. The summed E-state index contributed by atoms with van der Waals surface area (Å²) >= 11 is 0. The molecule has 8 heteroatoms. The third-order valence-electron chi connectivity index (χ3n) is 5.30. The molecule has 0 aliphatic carbocycles. The quantitative estimate of drug-likeness (QED) is 0.289. The molecule has 0 bridgehead atoms. The van der Waals surface area contributed by atoms with Gasteiger partial charge >= 0.3 is 0 Å². The lowest BCUT2D eigenvalue weighted by Crippen LogP contribution is -2.33. The number of hydrogen-bond donors (Lipinski definition) is 4.